The minimum Gasteiger partial charge on any atom is -0.469 e. The van der Waals surface area contributed by atoms with Crippen molar-refractivity contribution in [2.24, 2.45) is 0 Å². The summed E-state index contributed by atoms with van der Waals surface area (Å²) in [6, 6.07) is 8.86. The van der Waals surface area contributed by atoms with Crippen molar-refractivity contribution in [2.75, 3.05) is 31.6 Å². The SMILES string of the molecule is COC(=O)CCN1CCN(c2cnc(-c3ccc(C#N)cc3)nc2)C1=O. The van der Waals surface area contributed by atoms with E-state index in [-0.39, 0.29) is 18.4 Å². The van der Waals surface area contributed by atoms with Crippen LogP contribution in [0.2, 0.25) is 0 Å². The monoisotopic (exact) mass is 351 g/mol. The Balaban J connectivity index is 1.68. The van der Waals surface area contributed by atoms with Gasteiger partial charge in [-0.2, -0.15) is 5.26 Å². The summed E-state index contributed by atoms with van der Waals surface area (Å²) in [7, 11) is 1.33. The van der Waals surface area contributed by atoms with Gasteiger partial charge in [0, 0.05) is 25.2 Å². The quantitative estimate of drug-likeness (QED) is 0.762. The Morgan fingerprint density at radius 3 is 2.54 bits per heavy atom. The van der Waals surface area contributed by atoms with Crippen LogP contribution in [-0.2, 0) is 9.53 Å². The number of carbonyl (C=O) groups is 2. The standard InChI is InChI=1S/C18H17N5O3/c1-26-16(24)6-7-22-8-9-23(18(22)25)15-11-20-17(21-12-15)14-4-2-13(10-19)3-5-14/h2-5,11-12H,6-9H2,1H3. The van der Waals surface area contributed by atoms with Crippen molar-refractivity contribution in [3.8, 4) is 17.5 Å². The fourth-order valence-corrected chi connectivity index (χ4v) is 2.66. The lowest BCUT2D eigenvalue weighted by Gasteiger charge is -2.17. The average molecular weight is 351 g/mol. The number of carbonyl (C=O) groups excluding carboxylic acids is 2. The van der Waals surface area contributed by atoms with Crippen LogP contribution in [0.25, 0.3) is 11.4 Å². The second-order valence-corrected chi connectivity index (χ2v) is 5.70. The average Bonchev–Trinajstić information content (AvgIpc) is 3.06. The maximum absolute atomic E-state index is 12.4. The number of rotatable bonds is 5. The van der Waals surface area contributed by atoms with Crippen molar-refractivity contribution in [2.45, 2.75) is 6.42 Å². The van der Waals surface area contributed by atoms with E-state index in [1.165, 1.54) is 7.11 Å². The number of nitriles is 1. The zero-order valence-corrected chi connectivity index (χ0v) is 14.3. The maximum atomic E-state index is 12.4. The van der Waals surface area contributed by atoms with Crippen molar-refractivity contribution in [3.05, 3.63) is 42.2 Å². The van der Waals surface area contributed by atoms with Crippen molar-refractivity contribution in [3.63, 3.8) is 0 Å². The van der Waals surface area contributed by atoms with E-state index in [4.69, 9.17) is 5.26 Å². The highest BCUT2D eigenvalue weighted by Crippen LogP contribution is 2.21. The van der Waals surface area contributed by atoms with Crippen LogP contribution in [0, 0.1) is 11.3 Å². The van der Waals surface area contributed by atoms with Crippen LogP contribution in [0.15, 0.2) is 36.7 Å². The first kappa shape index (κ1) is 17.4. The van der Waals surface area contributed by atoms with Gasteiger partial charge in [-0.1, -0.05) is 0 Å². The molecule has 0 spiro atoms. The van der Waals surface area contributed by atoms with Crippen LogP contribution in [0.1, 0.15) is 12.0 Å². The number of benzene rings is 1. The minimum atomic E-state index is -0.341. The zero-order valence-electron chi connectivity index (χ0n) is 14.3. The zero-order chi connectivity index (χ0) is 18.5. The first-order valence-corrected chi connectivity index (χ1v) is 8.08. The number of esters is 1. The molecule has 2 amide bonds. The third-order valence-corrected chi connectivity index (χ3v) is 4.13. The molecule has 0 saturated carbocycles. The smallest absolute Gasteiger partial charge is 0.324 e. The van der Waals surface area contributed by atoms with Crippen LogP contribution >= 0.6 is 0 Å². The van der Waals surface area contributed by atoms with E-state index < -0.39 is 0 Å². The number of hydrogen-bond acceptors (Lipinski definition) is 6. The van der Waals surface area contributed by atoms with Gasteiger partial charge in [-0.15, -0.1) is 0 Å². The summed E-state index contributed by atoms with van der Waals surface area (Å²) >= 11 is 0. The van der Waals surface area contributed by atoms with E-state index in [1.807, 2.05) is 0 Å². The predicted molar refractivity (Wildman–Crippen MR) is 93.1 cm³/mol. The molecule has 0 unspecified atom stereocenters. The van der Waals surface area contributed by atoms with Gasteiger partial charge in [0.05, 0.1) is 43.2 Å². The van der Waals surface area contributed by atoms with Gasteiger partial charge in [0.2, 0.25) is 0 Å². The minimum absolute atomic E-state index is 0.171. The third kappa shape index (κ3) is 3.62. The van der Waals surface area contributed by atoms with Gasteiger partial charge in [-0.3, -0.25) is 9.69 Å². The van der Waals surface area contributed by atoms with E-state index in [0.29, 0.717) is 36.7 Å². The molecule has 0 aliphatic carbocycles. The van der Waals surface area contributed by atoms with Crippen molar-refractivity contribution in [1.82, 2.24) is 14.9 Å². The Hall–Kier alpha value is -3.47. The highest BCUT2D eigenvalue weighted by atomic mass is 16.5. The van der Waals surface area contributed by atoms with Crippen molar-refractivity contribution >= 4 is 17.7 Å². The van der Waals surface area contributed by atoms with E-state index >= 15 is 0 Å². The number of aromatic nitrogens is 2. The maximum Gasteiger partial charge on any atom is 0.324 e. The van der Waals surface area contributed by atoms with Gasteiger partial charge in [-0.05, 0) is 24.3 Å². The largest absolute Gasteiger partial charge is 0.469 e. The molecule has 3 rings (SSSR count). The number of anilines is 1. The van der Waals surface area contributed by atoms with Crippen molar-refractivity contribution < 1.29 is 14.3 Å². The van der Waals surface area contributed by atoms with Gasteiger partial charge in [0.25, 0.3) is 0 Å². The summed E-state index contributed by atoms with van der Waals surface area (Å²) in [4.78, 5) is 35.5. The van der Waals surface area contributed by atoms with Gasteiger partial charge >= 0.3 is 12.0 Å². The molecule has 132 valence electrons. The number of methoxy groups -OCH3 is 1. The molecule has 1 aromatic carbocycles. The molecule has 1 aliphatic heterocycles. The van der Waals surface area contributed by atoms with Gasteiger partial charge in [-0.25, -0.2) is 14.8 Å². The van der Waals surface area contributed by atoms with Gasteiger partial charge < -0.3 is 9.64 Å². The molecule has 1 saturated heterocycles. The Morgan fingerprint density at radius 1 is 1.23 bits per heavy atom. The summed E-state index contributed by atoms with van der Waals surface area (Å²) in [5.74, 6) is 0.179. The van der Waals surface area contributed by atoms with E-state index in [2.05, 4.69) is 20.8 Å². The summed E-state index contributed by atoms with van der Waals surface area (Å²) in [6.45, 7) is 1.37. The van der Waals surface area contributed by atoms with Crippen molar-refractivity contribution in [1.29, 1.82) is 5.26 Å². The Morgan fingerprint density at radius 2 is 1.92 bits per heavy atom. The number of amides is 2. The molecule has 1 aromatic heterocycles. The normalized spacial score (nSPS) is 13.6. The summed E-state index contributed by atoms with van der Waals surface area (Å²) in [5.41, 5.74) is 1.97. The van der Waals surface area contributed by atoms with Crippen LogP contribution in [0.5, 0.6) is 0 Å². The molecular formula is C18H17N5O3. The van der Waals surface area contributed by atoms with Crippen LogP contribution in [-0.4, -0.2) is 53.6 Å². The predicted octanol–water partition coefficient (Wildman–Crippen LogP) is 1.82. The molecule has 1 aliphatic rings. The Kier molecular flexibility index (Phi) is 5.08. The molecule has 26 heavy (non-hydrogen) atoms. The summed E-state index contributed by atoms with van der Waals surface area (Å²) in [6.07, 6.45) is 3.37. The van der Waals surface area contributed by atoms with Crippen LogP contribution in [0.3, 0.4) is 0 Å². The topological polar surface area (TPSA) is 99.4 Å². The number of nitrogens with zero attached hydrogens (tertiary/aromatic N) is 5. The number of ether oxygens (including phenoxy) is 1. The van der Waals surface area contributed by atoms with E-state index in [0.717, 1.165) is 5.56 Å². The van der Waals surface area contributed by atoms with Crippen LogP contribution in [0.4, 0.5) is 10.5 Å². The molecule has 8 heteroatoms. The third-order valence-electron chi connectivity index (χ3n) is 4.13. The molecule has 2 heterocycles. The summed E-state index contributed by atoms with van der Waals surface area (Å²) < 4.78 is 4.60. The summed E-state index contributed by atoms with van der Waals surface area (Å²) in [5, 5.41) is 8.84. The molecule has 0 bridgehead atoms. The molecule has 2 aromatic rings. The van der Waals surface area contributed by atoms with Crippen LogP contribution < -0.4 is 4.90 Å². The highest BCUT2D eigenvalue weighted by Gasteiger charge is 2.30. The lowest BCUT2D eigenvalue weighted by Crippen LogP contribution is -2.33. The first-order valence-electron chi connectivity index (χ1n) is 8.08. The molecule has 8 nitrogen and oxygen atoms in total. The number of urea groups is 1. The lowest BCUT2D eigenvalue weighted by atomic mass is 10.1. The Bertz CT molecular complexity index is 843. The highest BCUT2D eigenvalue weighted by molar-refractivity contribution is 5.94. The second-order valence-electron chi connectivity index (χ2n) is 5.70. The molecule has 0 radical (unpaired) electrons. The van der Waals surface area contributed by atoms with E-state index in [9.17, 15) is 9.59 Å². The molecular weight excluding hydrogens is 334 g/mol. The fraction of sp³-hybridized carbons (Fsp3) is 0.278. The molecule has 0 N–H and O–H groups in total. The fourth-order valence-electron chi connectivity index (χ4n) is 2.66. The van der Waals surface area contributed by atoms with Gasteiger partial charge in [0.1, 0.15) is 0 Å². The van der Waals surface area contributed by atoms with E-state index in [1.54, 1.807) is 46.5 Å². The number of hydrogen-bond donors (Lipinski definition) is 0. The Labute approximate surface area is 150 Å². The second kappa shape index (κ2) is 7.61. The lowest BCUT2D eigenvalue weighted by molar-refractivity contribution is -0.140. The molecule has 0 atom stereocenters. The first-order chi connectivity index (χ1) is 12.6. The van der Waals surface area contributed by atoms with Gasteiger partial charge in [0.15, 0.2) is 5.82 Å². The molecule has 1 fully saturated rings.